The molecule has 0 spiro atoms. The molecule has 6 nitrogen and oxygen atoms in total. The molecule has 1 aliphatic heterocycles. The third kappa shape index (κ3) is 5.89. The quantitative estimate of drug-likeness (QED) is 0.734. The Balaban J connectivity index is 1.53. The van der Waals surface area contributed by atoms with E-state index in [1.165, 1.54) is 0 Å². The summed E-state index contributed by atoms with van der Waals surface area (Å²) < 4.78 is 5.49. The van der Waals surface area contributed by atoms with Gasteiger partial charge >= 0.3 is 0 Å². The largest absolute Gasteiger partial charge is 0.484 e. The molecule has 7 heteroatoms. The van der Waals surface area contributed by atoms with Crippen LogP contribution in [0.3, 0.4) is 0 Å². The van der Waals surface area contributed by atoms with E-state index in [4.69, 9.17) is 16.3 Å². The first-order valence-corrected chi connectivity index (χ1v) is 10.6. The van der Waals surface area contributed by atoms with Gasteiger partial charge in [-0.1, -0.05) is 49.7 Å². The maximum atomic E-state index is 13.1. The number of carbonyl (C=O) groups excluding carboxylic acids is 2. The highest BCUT2D eigenvalue weighted by Gasteiger charge is 2.30. The highest BCUT2D eigenvalue weighted by Crippen LogP contribution is 2.21. The van der Waals surface area contributed by atoms with Gasteiger partial charge in [-0.3, -0.25) is 9.59 Å². The van der Waals surface area contributed by atoms with Crippen LogP contribution in [0, 0.1) is 5.92 Å². The topological polar surface area (TPSA) is 61.9 Å². The van der Waals surface area contributed by atoms with Crippen molar-refractivity contribution in [2.75, 3.05) is 37.7 Å². The minimum atomic E-state index is -0.574. The molecule has 2 amide bonds. The lowest BCUT2D eigenvalue weighted by molar-refractivity contribution is -0.138. The normalized spacial score (nSPS) is 15.1. The molecular formula is C23H28ClN3O3. The lowest BCUT2D eigenvalue weighted by Gasteiger charge is -2.38. The van der Waals surface area contributed by atoms with Crippen molar-refractivity contribution in [2.24, 2.45) is 5.92 Å². The summed E-state index contributed by atoms with van der Waals surface area (Å²) in [6.45, 7) is 6.40. The summed E-state index contributed by atoms with van der Waals surface area (Å²) in [6, 6.07) is 16.3. The number of anilines is 1. The van der Waals surface area contributed by atoms with Crippen molar-refractivity contribution in [3.63, 3.8) is 0 Å². The van der Waals surface area contributed by atoms with E-state index in [2.05, 4.69) is 10.2 Å². The number of piperazine rings is 1. The first-order chi connectivity index (χ1) is 14.4. The lowest BCUT2D eigenvalue weighted by Crippen LogP contribution is -2.57. The van der Waals surface area contributed by atoms with Gasteiger partial charge in [-0.25, -0.2) is 0 Å². The van der Waals surface area contributed by atoms with E-state index >= 15 is 0 Å². The van der Waals surface area contributed by atoms with Gasteiger partial charge in [0.05, 0.1) is 0 Å². The molecule has 30 heavy (non-hydrogen) atoms. The van der Waals surface area contributed by atoms with Crippen LogP contribution < -0.4 is 15.0 Å². The van der Waals surface area contributed by atoms with Crippen molar-refractivity contribution in [1.29, 1.82) is 0 Å². The minimum absolute atomic E-state index is 0.0239. The van der Waals surface area contributed by atoms with Gasteiger partial charge in [0.2, 0.25) is 5.91 Å². The number of nitrogens with zero attached hydrogens (tertiary/aromatic N) is 2. The maximum absolute atomic E-state index is 13.1. The Labute approximate surface area is 182 Å². The zero-order valence-electron chi connectivity index (χ0n) is 17.4. The Morgan fingerprint density at radius 1 is 1.03 bits per heavy atom. The van der Waals surface area contributed by atoms with Crippen LogP contribution in [0.4, 0.5) is 5.69 Å². The molecule has 0 bridgehead atoms. The molecular weight excluding hydrogens is 402 g/mol. The Morgan fingerprint density at radius 3 is 2.37 bits per heavy atom. The van der Waals surface area contributed by atoms with Gasteiger partial charge in [0.1, 0.15) is 11.8 Å². The number of rotatable bonds is 7. The van der Waals surface area contributed by atoms with E-state index in [1.54, 1.807) is 12.1 Å². The van der Waals surface area contributed by atoms with Crippen LogP contribution >= 0.6 is 11.6 Å². The lowest BCUT2D eigenvalue weighted by atomic mass is 10.0. The molecule has 0 aliphatic carbocycles. The summed E-state index contributed by atoms with van der Waals surface area (Å²) in [4.78, 5) is 29.5. The summed E-state index contributed by atoms with van der Waals surface area (Å²) in [6.07, 6.45) is 0. The first kappa shape index (κ1) is 22.0. The number of amides is 2. The number of halogens is 1. The Hall–Kier alpha value is -2.73. The number of nitrogens with one attached hydrogen (secondary N) is 1. The predicted octanol–water partition coefficient (Wildman–Crippen LogP) is 3.21. The first-order valence-electron chi connectivity index (χ1n) is 10.2. The second kappa shape index (κ2) is 10.3. The molecule has 1 atom stereocenters. The summed E-state index contributed by atoms with van der Waals surface area (Å²) in [7, 11) is 0. The predicted molar refractivity (Wildman–Crippen MR) is 119 cm³/mol. The van der Waals surface area contributed by atoms with E-state index in [9.17, 15) is 9.59 Å². The molecule has 0 aromatic heterocycles. The molecule has 160 valence electrons. The summed E-state index contributed by atoms with van der Waals surface area (Å²) in [5.41, 5.74) is 1.06. The van der Waals surface area contributed by atoms with Crippen molar-refractivity contribution in [2.45, 2.75) is 19.9 Å². The van der Waals surface area contributed by atoms with Crippen molar-refractivity contribution in [3.8, 4) is 5.75 Å². The molecule has 1 heterocycles. The van der Waals surface area contributed by atoms with Crippen molar-refractivity contribution in [1.82, 2.24) is 10.2 Å². The number of para-hydroxylation sites is 1. The molecule has 0 radical (unpaired) electrons. The van der Waals surface area contributed by atoms with Gasteiger partial charge in [0.15, 0.2) is 6.61 Å². The number of carbonyl (C=O) groups is 2. The molecule has 1 aliphatic rings. The van der Waals surface area contributed by atoms with Gasteiger partial charge in [-0.15, -0.1) is 0 Å². The molecule has 0 saturated carbocycles. The third-order valence-corrected chi connectivity index (χ3v) is 5.36. The Morgan fingerprint density at radius 2 is 1.73 bits per heavy atom. The summed E-state index contributed by atoms with van der Waals surface area (Å²) >= 11 is 6.09. The van der Waals surface area contributed by atoms with Crippen molar-refractivity contribution < 1.29 is 14.3 Å². The number of benzene rings is 2. The molecule has 1 unspecified atom stereocenters. The smallest absolute Gasteiger partial charge is 0.258 e. The zero-order chi connectivity index (χ0) is 21.5. The van der Waals surface area contributed by atoms with Crippen LogP contribution in [-0.2, 0) is 9.59 Å². The van der Waals surface area contributed by atoms with E-state index in [-0.39, 0.29) is 24.3 Å². The molecule has 1 saturated heterocycles. The molecule has 1 fully saturated rings. The van der Waals surface area contributed by atoms with Crippen LogP contribution in [0.15, 0.2) is 54.6 Å². The van der Waals surface area contributed by atoms with Gasteiger partial charge in [0, 0.05) is 36.9 Å². The second-order valence-corrected chi connectivity index (χ2v) is 8.12. The van der Waals surface area contributed by atoms with Gasteiger partial charge < -0.3 is 19.9 Å². The van der Waals surface area contributed by atoms with E-state index in [0.29, 0.717) is 23.9 Å². The zero-order valence-corrected chi connectivity index (χ0v) is 18.1. The van der Waals surface area contributed by atoms with Gasteiger partial charge in [0.25, 0.3) is 5.91 Å². The second-order valence-electron chi connectivity index (χ2n) is 7.68. The fourth-order valence-electron chi connectivity index (χ4n) is 3.45. The van der Waals surface area contributed by atoms with Crippen LogP contribution in [0.25, 0.3) is 0 Å². The third-order valence-electron chi connectivity index (χ3n) is 5.13. The van der Waals surface area contributed by atoms with Crippen LogP contribution in [0.5, 0.6) is 5.75 Å². The number of hydrogen-bond donors (Lipinski definition) is 1. The summed E-state index contributed by atoms with van der Waals surface area (Å²) in [5, 5.41) is 3.55. The van der Waals surface area contributed by atoms with Crippen molar-refractivity contribution >= 4 is 29.1 Å². The molecule has 3 rings (SSSR count). The number of hydrogen-bond acceptors (Lipinski definition) is 4. The Kier molecular flexibility index (Phi) is 7.57. The molecule has 1 N–H and O–H groups in total. The monoisotopic (exact) mass is 429 g/mol. The average Bonchev–Trinajstić information content (AvgIpc) is 2.76. The Bertz CT molecular complexity index is 852. The fourth-order valence-corrected chi connectivity index (χ4v) is 3.63. The highest BCUT2D eigenvalue weighted by atomic mass is 35.5. The van der Waals surface area contributed by atoms with Crippen LogP contribution in [-0.4, -0.2) is 55.5 Å². The average molecular weight is 430 g/mol. The standard InChI is InChI=1S/C23H28ClN3O3/c1-17(2)22(25-21(28)16-30-20-9-4-3-5-10-20)23(29)27-13-11-26(12-14-27)19-8-6-7-18(24)15-19/h3-10,15,17,22H,11-14,16H2,1-2H3,(H,25,28). The van der Waals surface area contributed by atoms with E-state index in [1.807, 2.05) is 61.2 Å². The maximum Gasteiger partial charge on any atom is 0.258 e. The van der Waals surface area contributed by atoms with E-state index < -0.39 is 6.04 Å². The van der Waals surface area contributed by atoms with Gasteiger partial charge in [-0.2, -0.15) is 0 Å². The number of ether oxygens (including phenoxy) is 1. The van der Waals surface area contributed by atoms with E-state index in [0.717, 1.165) is 18.8 Å². The van der Waals surface area contributed by atoms with Crippen molar-refractivity contribution in [3.05, 3.63) is 59.6 Å². The molecule has 2 aromatic rings. The highest BCUT2D eigenvalue weighted by molar-refractivity contribution is 6.30. The molecule has 2 aromatic carbocycles. The van der Waals surface area contributed by atoms with Gasteiger partial charge in [-0.05, 0) is 36.2 Å². The van der Waals surface area contributed by atoms with Crippen LogP contribution in [0.1, 0.15) is 13.8 Å². The minimum Gasteiger partial charge on any atom is -0.484 e. The van der Waals surface area contributed by atoms with Crippen LogP contribution in [0.2, 0.25) is 5.02 Å². The fraction of sp³-hybridized carbons (Fsp3) is 0.391. The summed E-state index contributed by atoms with van der Waals surface area (Å²) in [5.74, 6) is 0.244. The SMILES string of the molecule is CC(C)C(NC(=O)COc1ccccc1)C(=O)N1CCN(c2cccc(Cl)c2)CC1.